The third-order valence-electron chi connectivity index (χ3n) is 4.94. The minimum atomic E-state index is 0.407. The van der Waals surface area contributed by atoms with Crippen LogP contribution in [0.25, 0.3) is 0 Å². The lowest BCUT2D eigenvalue weighted by Crippen LogP contribution is -2.27. The van der Waals surface area contributed by atoms with Gasteiger partial charge in [0.2, 0.25) is 5.91 Å². The number of hydrogen-bond acceptors (Lipinski definition) is 1. The van der Waals surface area contributed by atoms with Crippen LogP contribution in [0.15, 0.2) is 0 Å². The highest BCUT2D eigenvalue weighted by atomic mass is 16.2. The van der Waals surface area contributed by atoms with Gasteiger partial charge in [0, 0.05) is 19.5 Å². The highest BCUT2D eigenvalue weighted by Crippen LogP contribution is 2.28. The van der Waals surface area contributed by atoms with Crippen LogP contribution in [0.2, 0.25) is 0 Å². The Balaban J connectivity index is 1.42. The number of amides is 1. The summed E-state index contributed by atoms with van der Waals surface area (Å²) in [5, 5.41) is 0. The third-order valence-corrected chi connectivity index (χ3v) is 4.94. The summed E-state index contributed by atoms with van der Waals surface area (Å²) < 4.78 is 0. The second kappa shape index (κ2) is 8.60. The molecular formula is C17H31NO. The van der Waals surface area contributed by atoms with Gasteiger partial charge in [-0.05, 0) is 25.2 Å². The van der Waals surface area contributed by atoms with Crippen LogP contribution in [0, 0.1) is 5.92 Å². The molecule has 1 amide bonds. The second-order valence-electron chi connectivity index (χ2n) is 6.54. The van der Waals surface area contributed by atoms with Gasteiger partial charge in [-0.15, -0.1) is 0 Å². The van der Waals surface area contributed by atoms with E-state index in [1.807, 2.05) is 0 Å². The number of rotatable bonds is 7. The minimum Gasteiger partial charge on any atom is -0.343 e. The van der Waals surface area contributed by atoms with Gasteiger partial charge in [-0.25, -0.2) is 0 Å². The Kier molecular flexibility index (Phi) is 6.73. The van der Waals surface area contributed by atoms with Crippen molar-refractivity contribution in [1.29, 1.82) is 0 Å². The zero-order valence-corrected chi connectivity index (χ0v) is 12.5. The van der Waals surface area contributed by atoms with Gasteiger partial charge in [-0.2, -0.15) is 0 Å². The number of hydrogen-bond donors (Lipinski definition) is 0. The number of carbonyl (C=O) groups is 1. The normalized spacial score (nSPS) is 20.9. The fourth-order valence-corrected chi connectivity index (χ4v) is 3.66. The van der Waals surface area contributed by atoms with Gasteiger partial charge in [0.1, 0.15) is 0 Å². The molecule has 0 unspecified atom stereocenters. The number of likely N-dealkylation sites (tertiary alicyclic amines) is 1. The summed E-state index contributed by atoms with van der Waals surface area (Å²) in [6.07, 6.45) is 17.1. The van der Waals surface area contributed by atoms with Crippen LogP contribution in [0.3, 0.4) is 0 Å². The van der Waals surface area contributed by atoms with Gasteiger partial charge in [-0.3, -0.25) is 4.79 Å². The van der Waals surface area contributed by atoms with E-state index in [0.717, 1.165) is 31.8 Å². The molecule has 2 fully saturated rings. The molecule has 1 heterocycles. The van der Waals surface area contributed by atoms with E-state index < -0.39 is 0 Å². The molecule has 2 heteroatoms. The third kappa shape index (κ3) is 5.54. The molecule has 0 spiro atoms. The molecule has 19 heavy (non-hydrogen) atoms. The summed E-state index contributed by atoms with van der Waals surface area (Å²) in [5.74, 6) is 1.43. The van der Waals surface area contributed by atoms with Crippen molar-refractivity contribution in [1.82, 2.24) is 4.90 Å². The molecular weight excluding hydrogens is 234 g/mol. The average Bonchev–Trinajstić information content (AvgIpc) is 2.98. The van der Waals surface area contributed by atoms with E-state index in [4.69, 9.17) is 0 Å². The van der Waals surface area contributed by atoms with Crippen LogP contribution in [-0.2, 0) is 4.79 Å². The molecule has 1 aliphatic heterocycles. The number of carbonyl (C=O) groups excluding carboxylic acids is 1. The highest BCUT2D eigenvalue weighted by molar-refractivity contribution is 5.76. The van der Waals surface area contributed by atoms with E-state index in [0.29, 0.717) is 5.91 Å². The lowest BCUT2D eigenvalue weighted by atomic mass is 9.85. The Morgan fingerprint density at radius 2 is 1.53 bits per heavy atom. The van der Waals surface area contributed by atoms with Crippen LogP contribution >= 0.6 is 0 Å². The summed E-state index contributed by atoms with van der Waals surface area (Å²) in [5.41, 5.74) is 0. The van der Waals surface area contributed by atoms with Crippen LogP contribution in [0.4, 0.5) is 0 Å². The van der Waals surface area contributed by atoms with E-state index in [1.165, 1.54) is 70.6 Å². The first-order chi connectivity index (χ1) is 9.36. The Bertz CT molecular complexity index is 252. The number of unbranched alkanes of at least 4 members (excludes halogenated alkanes) is 3. The fourth-order valence-electron chi connectivity index (χ4n) is 3.66. The fraction of sp³-hybridized carbons (Fsp3) is 0.941. The molecule has 2 aliphatic rings. The maximum atomic E-state index is 11.9. The van der Waals surface area contributed by atoms with Crippen molar-refractivity contribution in [3.05, 3.63) is 0 Å². The van der Waals surface area contributed by atoms with Crippen LogP contribution in [-0.4, -0.2) is 23.9 Å². The summed E-state index contributed by atoms with van der Waals surface area (Å²) in [6, 6.07) is 0. The van der Waals surface area contributed by atoms with Gasteiger partial charge in [0.15, 0.2) is 0 Å². The van der Waals surface area contributed by atoms with Crippen molar-refractivity contribution >= 4 is 5.91 Å². The topological polar surface area (TPSA) is 20.3 Å². The van der Waals surface area contributed by atoms with Crippen LogP contribution in [0.1, 0.15) is 83.5 Å². The first kappa shape index (κ1) is 14.9. The maximum absolute atomic E-state index is 11.9. The first-order valence-corrected chi connectivity index (χ1v) is 8.64. The van der Waals surface area contributed by atoms with Crippen LogP contribution < -0.4 is 0 Å². The lowest BCUT2D eigenvalue weighted by Gasteiger charge is -2.21. The summed E-state index contributed by atoms with van der Waals surface area (Å²) in [4.78, 5) is 13.9. The monoisotopic (exact) mass is 265 g/mol. The second-order valence-corrected chi connectivity index (χ2v) is 6.54. The van der Waals surface area contributed by atoms with E-state index in [2.05, 4.69) is 4.90 Å². The molecule has 0 aromatic rings. The SMILES string of the molecule is O=C(CCCCCCC1CCCCC1)N1CCCC1. The van der Waals surface area contributed by atoms with Crippen molar-refractivity contribution in [2.45, 2.75) is 83.5 Å². The van der Waals surface area contributed by atoms with Crippen molar-refractivity contribution in [3.8, 4) is 0 Å². The largest absolute Gasteiger partial charge is 0.343 e. The van der Waals surface area contributed by atoms with Gasteiger partial charge in [-0.1, -0.05) is 57.8 Å². The summed E-state index contributed by atoms with van der Waals surface area (Å²) >= 11 is 0. The molecule has 0 N–H and O–H groups in total. The number of nitrogens with zero attached hydrogens (tertiary/aromatic N) is 1. The van der Waals surface area contributed by atoms with Crippen molar-refractivity contribution in [2.75, 3.05) is 13.1 Å². The molecule has 0 atom stereocenters. The Hall–Kier alpha value is -0.530. The molecule has 0 aromatic carbocycles. The molecule has 1 saturated heterocycles. The summed E-state index contributed by atoms with van der Waals surface area (Å²) in [7, 11) is 0. The zero-order chi connectivity index (χ0) is 13.3. The average molecular weight is 265 g/mol. The van der Waals surface area contributed by atoms with Gasteiger partial charge in [0.05, 0.1) is 0 Å². The zero-order valence-electron chi connectivity index (χ0n) is 12.5. The standard InChI is InChI=1S/C17H31NO/c19-17(18-14-8-9-15-18)13-7-2-1-4-10-16-11-5-3-6-12-16/h16H,1-15H2. The van der Waals surface area contributed by atoms with Gasteiger partial charge >= 0.3 is 0 Å². The Labute approximate surface area is 118 Å². The minimum absolute atomic E-state index is 0.407. The van der Waals surface area contributed by atoms with Crippen molar-refractivity contribution in [3.63, 3.8) is 0 Å². The lowest BCUT2D eigenvalue weighted by molar-refractivity contribution is -0.130. The van der Waals surface area contributed by atoms with Gasteiger partial charge in [0.25, 0.3) is 0 Å². The van der Waals surface area contributed by atoms with E-state index in [-0.39, 0.29) is 0 Å². The van der Waals surface area contributed by atoms with E-state index in [1.54, 1.807) is 0 Å². The predicted molar refractivity (Wildman–Crippen MR) is 80.1 cm³/mol. The molecule has 2 rings (SSSR count). The van der Waals surface area contributed by atoms with Gasteiger partial charge < -0.3 is 4.90 Å². The molecule has 0 bridgehead atoms. The van der Waals surface area contributed by atoms with Crippen molar-refractivity contribution in [2.24, 2.45) is 5.92 Å². The Morgan fingerprint density at radius 1 is 0.842 bits per heavy atom. The molecule has 2 nitrogen and oxygen atoms in total. The van der Waals surface area contributed by atoms with E-state index in [9.17, 15) is 4.79 Å². The highest BCUT2D eigenvalue weighted by Gasteiger charge is 2.17. The molecule has 1 aliphatic carbocycles. The quantitative estimate of drug-likeness (QED) is 0.619. The Morgan fingerprint density at radius 3 is 2.26 bits per heavy atom. The maximum Gasteiger partial charge on any atom is 0.222 e. The molecule has 0 radical (unpaired) electrons. The van der Waals surface area contributed by atoms with E-state index >= 15 is 0 Å². The molecule has 0 aromatic heterocycles. The molecule has 110 valence electrons. The predicted octanol–water partition coefficient (Wildman–Crippen LogP) is 4.53. The summed E-state index contributed by atoms with van der Waals surface area (Å²) in [6.45, 7) is 2.03. The first-order valence-electron chi connectivity index (χ1n) is 8.64. The molecule has 1 saturated carbocycles. The van der Waals surface area contributed by atoms with Crippen LogP contribution in [0.5, 0.6) is 0 Å². The smallest absolute Gasteiger partial charge is 0.222 e. The van der Waals surface area contributed by atoms with Crippen molar-refractivity contribution < 1.29 is 4.79 Å².